The number of nitrogens with one attached hydrogen (secondary N) is 1. The highest BCUT2D eigenvalue weighted by Crippen LogP contribution is 2.40. The molecular weight excluding hydrogens is 440 g/mol. The Kier molecular flexibility index (Phi) is 4.89. The van der Waals surface area contributed by atoms with Gasteiger partial charge in [-0.25, -0.2) is 23.3 Å². The minimum Gasteiger partial charge on any atom is -0.473 e. The van der Waals surface area contributed by atoms with E-state index in [0.29, 0.717) is 40.0 Å². The van der Waals surface area contributed by atoms with Gasteiger partial charge >= 0.3 is 0 Å². The average molecular weight is 463 g/mol. The maximum Gasteiger partial charge on any atom is 0.235 e. The summed E-state index contributed by atoms with van der Waals surface area (Å²) in [5, 5.41) is 7.45. The summed E-state index contributed by atoms with van der Waals surface area (Å²) >= 11 is 0. The molecule has 0 fully saturated rings. The number of pyridine rings is 1. The molecule has 9 heteroatoms. The summed E-state index contributed by atoms with van der Waals surface area (Å²) in [6.07, 6.45) is 0. The number of fused-ring (bicyclic) bond motifs is 2. The molecule has 0 unspecified atom stereocenters. The Balaban J connectivity index is 1.61. The van der Waals surface area contributed by atoms with Crippen molar-refractivity contribution in [3.8, 4) is 17.3 Å². The molecule has 3 aromatic heterocycles. The fraction of sp³-hybridized carbons (Fsp3) is 0.280. The van der Waals surface area contributed by atoms with Gasteiger partial charge in [0.15, 0.2) is 5.82 Å². The molecule has 1 aliphatic heterocycles. The molecule has 1 aliphatic rings. The Hall–Kier alpha value is -3.88. The lowest BCUT2D eigenvalue weighted by molar-refractivity contribution is -0.119. The van der Waals surface area contributed by atoms with Crippen molar-refractivity contribution in [3.63, 3.8) is 0 Å². The van der Waals surface area contributed by atoms with Gasteiger partial charge in [-0.1, -0.05) is 6.07 Å². The van der Waals surface area contributed by atoms with E-state index in [9.17, 15) is 13.6 Å². The lowest BCUT2D eigenvalue weighted by atomic mass is 9.86. The van der Waals surface area contributed by atoms with E-state index in [2.05, 4.69) is 15.4 Å². The van der Waals surface area contributed by atoms with Crippen LogP contribution in [0.4, 0.5) is 14.6 Å². The van der Waals surface area contributed by atoms with Crippen LogP contribution >= 0.6 is 0 Å². The Morgan fingerprint density at radius 2 is 1.76 bits per heavy atom. The summed E-state index contributed by atoms with van der Waals surface area (Å²) in [7, 11) is 0. The zero-order chi connectivity index (χ0) is 24.4. The second kappa shape index (κ2) is 7.58. The first kappa shape index (κ1) is 21.9. The lowest BCUT2D eigenvalue weighted by Crippen LogP contribution is -2.27. The molecule has 0 saturated carbocycles. The van der Waals surface area contributed by atoms with Crippen molar-refractivity contribution in [2.45, 2.75) is 46.6 Å². The fourth-order valence-electron chi connectivity index (χ4n) is 4.46. The molecule has 7 nitrogen and oxygen atoms in total. The lowest BCUT2D eigenvalue weighted by Gasteiger charge is -2.16. The van der Waals surface area contributed by atoms with Gasteiger partial charge in [0.05, 0.1) is 27.8 Å². The molecule has 5 rings (SSSR count). The summed E-state index contributed by atoms with van der Waals surface area (Å²) in [5.41, 5.74) is 3.51. The monoisotopic (exact) mass is 463 g/mol. The normalized spacial score (nSPS) is 14.4. The van der Waals surface area contributed by atoms with Crippen LogP contribution in [0.15, 0.2) is 30.3 Å². The van der Waals surface area contributed by atoms with Crippen LogP contribution in [0.2, 0.25) is 0 Å². The van der Waals surface area contributed by atoms with Crippen molar-refractivity contribution in [1.82, 2.24) is 19.6 Å². The molecule has 174 valence electrons. The molecule has 0 radical (unpaired) electrons. The van der Waals surface area contributed by atoms with Crippen LogP contribution in [0.25, 0.3) is 16.9 Å². The first-order valence-corrected chi connectivity index (χ1v) is 10.8. The largest absolute Gasteiger partial charge is 0.473 e. The standard InChI is InChI=1S/C25H23F2N5O2/c1-12-9-18-20(22-28-14(3)21-23(29-22)30-24(33)25(21,4)5)13(2)31-32(18)19(10-12)34-11-15-16(26)7-6-8-17(15)27/h6-10H,11H2,1-5H3,(H,28,29,30,33). The highest BCUT2D eigenvalue weighted by molar-refractivity contribution is 6.05. The summed E-state index contributed by atoms with van der Waals surface area (Å²) in [4.78, 5) is 21.8. The number of amides is 1. The Morgan fingerprint density at radius 3 is 2.47 bits per heavy atom. The average Bonchev–Trinajstić information content (AvgIpc) is 3.19. The van der Waals surface area contributed by atoms with Gasteiger partial charge in [0.25, 0.3) is 0 Å². The maximum atomic E-state index is 14.1. The molecule has 4 aromatic rings. The smallest absolute Gasteiger partial charge is 0.235 e. The van der Waals surface area contributed by atoms with Crippen LogP contribution in [-0.4, -0.2) is 25.5 Å². The topological polar surface area (TPSA) is 81.4 Å². The molecular formula is C25H23F2N5O2. The third kappa shape index (κ3) is 3.30. The number of carbonyl (C=O) groups excluding carboxylic acids is 1. The summed E-state index contributed by atoms with van der Waals surface area (Å²) in [5.74, 6) is -0.213. The molecule has 34 heavy (non-hydrogen) atoms. The molecule has 1 N–H and O–H groups in total. The second-order valence-electron chi connectivity index (χ2n) is 9.05. The molecule has 0 bridgehead atoms. The number of rotatable bonds is 4. The maximum absolute atomic E-state index is 14.1. The van der Waals surface area contributed by atoms with Crippen LogP contribution in [0.5, 0.6) is 5.88 Å². The molecule has 0 aliphatic carbocycles. The Labute approximate surface area is 194 Å². The summed E-state index contributed by atoms with van der Waals surface area (Å²) in [6.45, 7) is 8.97. The molecule has 0 saturated heterocycles. The fourth-order valence-corrected chi connectivity index (χ4v) is 4.46. The SMILES string of the molecule is Cc1cc(OCc2c(F)cccc2F)n2nc(C)c(-c3nc(C)c4c(n3)NC(=O)C4(C)C)c2c1. The number of hydrogen-bond acceptors (Lipinski definition) is 5. The van der Waals surface area contributed by atoms with Crippen LogP contribution in [0.1, 0.15) is 41.9 Å². The number of hydrogen-bond donors (Lipinski definition) is 1. The van der Waals surface area contributed by atoms with Gasteiger partial charge in [0.2, 0.25) is 11.8 Å². The molecule has 0 spiro atoms. The van der Waals surface area contributed by atoms with Crippen molar-refractivity contribution < 1.29 is 18.3 Å². The number of halogens is 2. The number of aryl methyl sites for hydroxylation is 3. The van der Waals surface area contributed by atoms with Gasteiger partial charge in [0.1, 0.15) is 24.1 Å². The third-order valence-corrected chi connectivity index (χ3v) is 6.18. The van der Waals surface area contributed by atoms with Crippen molar-refractivity contribution in [2.24, 2.45) is 0 Å². The van der Waals surface area contributed by atoms with E-state index in [-0.39, 0.29) is 18.1 Å². The van der Waals surface area contributed by atoms with Crippen molar-refractivity contribution in [1.29, 1.82) is 0 Å². The van der Waals surface area contributed by atoms with Crippen LogP contribution < -0.4 is 10.1 Å². The first-order chi connectivity index (χ1) is 16.1. The predicted octanol–water partition coefficient (Wildman–Crippen LogP) is 4.80. The van der Waals surface area contributed by atoms with Crippen LogP contribution in [0.3, 0.4) is 0 Å². The number of nitrogens with zero attached hydrogens (tertiary/aromatic N) is 4. The number of ether oxygens (including phenoxy) is 1. The molecule has 4 heterocycles. The third-order valence-electron chi connectivity index (χ3n) is 6.18. The van der Waals surface area contributed by atoms with E-state index < -0.39 is 17.0 Å². The van der Waals surface area contributed by atoms with E-state index in [1.807, 2.05) is 40.7 Å². The van der Waals surface area contributed by atoms with Crippen molar-refractivity contribution in [3.05, 3.63) is 70.0 Å². The summed E-state index contributed by atoms with van der Waals surface area (Å²) < 4.78 is 35.5. The van der Waals surface area contributed by atoms with Gasteiger partial charge in [-0.05, 0) is 58.4 Å². The highest BCUT2D eigenvalue weighted by Gasteiger charge is 2.41. The summed E-state index contributed by atoms with van der Waals surface area (Å²) in [6, 6.07) is 7.36. The number of carbonyl (C=O) groups is 1. The zero-order valence-corrected chi connectivity index (χ0v) is 19.5. The highest BCUT2D eigenvalue weighted by atomic mass is 19.1. The quantitative estimate of drug-likeness (QED) is 0.470. The van der Waals surface area contributed by atoms with Gasteiger partial charge in [-0.3, -0.25) is 4.79 Å². The van der Waals surface area contributed by atoms with E-state index in [1.54, 1.807) is 10.6 Å². The van der Waals surface area contributed by atoms with Crippen LogP contribution in [0, 0.1) is 32.4 Å². The van der Waals surface area contributed by atoms with Gasteiger partial charge in [0, 0.05) is 17.3 Å². The minimum absolute atomic E-state index is 0.124. The first-order valence-electron chi connectivity index (χ1n) is 10.8. The van der Waals surface area contributed by atoms with Gasteiger partial charge in [-0.15, -0.1) is 0 Å². The number of aromatic nitrogens is 4. The van der Waals surface area contributed by atoms with E-state index in [1.165, 1.54) is 18.2 Å². The second-order valence-corrected chi connectivity index (χ2v) is 9.05. The van der Waals surface area contributed by atoms with Crippen LogP contribution in [-0.2, 0) is 16.8 Å². The Morgan fingerprint density at radius 1 is 1.06 bits per heavy atom. The van der Waals surface area contributed by atoms with E-state index in [4.69, 9.17) is 9.72 Å². The van der Waals surface area contributed by atoms with Crippen molar-refractivity contribution >= 4 is 17.2 Å². The van der Waals surface area contributed by atoms with Gasteiger partial charge in [-0.2, -0.15) is 5.10 Å². The van der Waals surface area contributed by atoms with Gasteiger partial charge < -0.3 is 10.1 Å². The van der Waals surface area contributed by atoms with E-state index in [0.717, 1.165) is 11.1 Å². The molecule has 0 atom stereocenters. The van der Waals surface area contributed by atoms with Crippen molar-refractivity contribution in [2.75, 3.05) is 5.32 Å². The zero-order valence-electron chi connectivity index (χ0n) is 19.5. The molecule has 1 aromatic carbocycles. The number of benzene rings is 1. The van der Waals surface area contributed by atoms with E-state index >= 15 is 0 Å². The number of anilines is 1. The molecule has 1 amide bonds. The Bertz CT molecular complexity index is 1470. The minimum atomic E-state index is -0.715. The predicted molar refractivity (Wildman–Crippen MR) is 123 cm³/mol.